The Morgan fingerprint density at radius 2 is 2.19 bits per heavy atom. The number of pyridine rings is 1. The number of hydrogen-bond donors (Lipinski definition) is 0. The number of ether oxygens (including phenoxy) is 1. The van der Waals surface area contributed by atoms with Crippen molar-refractivity contribution in [3.05, 3.63) is 18.0 Å². The van der Waals surface area contributed by atoms with E-state index >= 15 is 0 Å². The maximum absolute atomic E-state index is 6.09. The van der Waals surface area contributed by atoms with Crippen LogP contribution in [0.4, 0.5) is 0 Å². The van der Waals surface area contributed by atoms with E-state index in [2.05, 4.69) is 9.97 Å². The summed E-state index contributed by atoms with van der Waals surface area (Å²) in [6.45, 7) is 4.75. The van der Waals surface area contributed by atoms with Crippen LogP contribution in [0, 0.1) is 0 Å². The zero-order valence-electron chi connectivity index (χ0n) is 9.57. The summed E-state index contributed by atoms with van der Waals surface area (Å²) < 4.78 is 7.12. The van der Waals surface area contributed by atoms with Crippen molar-refractivity contribution >= 4 is 22.8 Å². The van der Waals surface area contributed by atoms with Crippen LogP contribution in [-0.2, 0) is 6.54 Å². The number of rotatable bonds is 3. The van der Waals surface area contributed by atoms with Crippen molar-refractivity contribution in [1.82, 2.24) is 14.5 Å². The first-order valence-corrected chi connectivity index (χ1v) is 5.66. The van der Waals surface area contributed by atoms with Crippen molar-refractivity contribution in [3.63, 3.8) is 0 Å². The van der Waals surface area contributed by atoms with E-state index in [1.807, 2.05) is 24.5 Å². The lowest BCUT2D eigenvalue weighted by molar-refractivity contribution is 0.399. The number of methoxy groups -OCH3 is 1. The molecule has 0 bridgehead atoms. The van der Waals surface area contributed by atoms with Gasteiger partial charge in [0, 0.05) is 12.6 Å². The Kier molecular flexibility index (Phi) is 3.01. The molecular weight excluding hydrogens is 226 g/mol. The van der Waals surface area contributed by atoms with Gasteiger partial charge < -0.3 is 9.30 Å². The molecule has 2 heterocycles. The molecule has 0 aromatic carbocycles. The fourth-order valence-electron chi connectivity index (χ4n) is 1.73. The van der Waals surface area contributed by atoms with E-state index in [0.29, 0.717) is 5.88 Å². The first-order chi connectivity index (χ1) is 7.67. The van der Waals surface area contributed by atoms with Crippen molar-refractivity contribution in [3.8, 4) is 5.88 Å². The van der Waals surface area contributed by atoms with Crippen LogP contribution in [0.1, 0.15) is 25.0 Å². The Hall–Kier alpha value is -1.29. The molecule has 0 amide bonds. The summed E-state index contributed by atoms with van der Waals surface area (Å²) in [5, 5.41) is -0.125. The molecule has 86 valence electrons. The van der Waals surface area contributed by atoms with Gasteiger partial charge in [0.1, 0.15) is 11.3 Å². The first kappa shape index (κ1) is 11.2. The van der Waals surface area contributed by atoms with Crippen LogP contribution >= 0.6 is 11.6 Å². The molecule has 0 saturated heterocycles. The van der Waals surface area contributed by atoms with Gasteiger partial charge in [-0.2, -0.15) is 4.98 Å². The summed E-state index contributed by atoms with van der Waals surface area (Å²) in [6.07, 6.45) is 0. The molecular formula is C11H14ClN3O. The Morgan fingerprint density at radius 1 is 1.44 bits per heavy atom. The van der Waals surface area contributed by atoms with E-state index in [-0.39, 0.29) is 5.38 Å². The zero-order valence-corrected chi connectivity index (χ0v) is 10.3. The van der Waals surface area contributed by atoms with E-state index < -0.39 is 0 Å². The predicted octanol–water partition coefficient (Wildman–Crippen LogP) is 2.76. The molecule has 0 radical (unpaired) electrons. The summed E-state index contributed by atoms with van der Waals surface area (Å²) in [7, 11) is 1.60. The molecule has 4 nitrogen and oxygen atoms in total. The molecule has 16 heavy (non-hydrogen) atoms. The van der Waals surface area contributed by atoms with E-state index in [0.717, 1.165) is 23.5 Å². The summed E-state index contributed by atoms with van der Waals surface area (Å²) in [5.74, 6) is 1.44. The van der Waals surface area contributed by atoms with Gasteiger partial charge in [-0.3, -0.25) is 0 Å². The van der Waals surface area contributed by atoms with Crippen molar-refractivity contribution in [2.75, 3.05) is 7.11 Å². The molecule has 0 aliphatic heterocycles. The number of imidazole rings is 1. The molecule has 1 unspecified atom stereocenters. The second-order valence-corrected chi connectivity index (χ2v) is 4.18. The van der Waals surface area contributed by atoms with Gasteiger partial charge >= 0.3 is 0 Å². The predicted molar refractivity (Wildman–Crippen MR) is 64.0 cm³/mol. The summed E-state index contributed by atoms with van der Waals surface area (Å²) in [6, 6.07) is 3.70. The third-order valence-electron chi connectivity index (χ3n) is 2.48. The molecule has 0 aliphatic carbocycles. The van der Waals surface area contributed by atoms with Crippen LogP contribution in [0.5, 0.6) is 5.88 Å². The summed E-state index contributed by atoms with van der Waals surface area (Å²) in [5.41, 5.74) is 1.68. The molecule has 2 aromatic heterocycles. The van der Waals surface area contributed by atoms with Gasteiger partial charge in [-0.05, 0) is 19.9 Å². The monoisotopic (exact) mass is 239 g/mol. The van der Waals surface area contributed by atoms with Crippen LogP contribution in [0.25, 0.3) is 11.2 Å². The highest BCUT2D eigenvalue weighted by Gasteiger charge is 2.15. The van der Waals surface area contributed by atoms with Crippen LogP contribution in [0.2, 0.25) is 0 Å². The number of nitrogens with zero attached hydrogens (tertiary/aromatic N) is 3. The molecule has 0 fully saturated rings. The molecule has 0 N–H and O–H groups in total. The number of aromatic nitrogens is 3. The lowest BCUT2D eigenvalue weighted by atomic mass is 10.4. The van der Waals surface area contributed by atoms with E-state index in [9.17, 15) is 0 Å². The largest absolute Gasteiger partial charge is 0.481 e. The van der Waals surface area contributed by atoms with Gasteiger partial charge in [0.05, 0.1) is 12.5 Å². The van der Waals surface area contributed by atoms with Gasteiger partial charge in [-0.15, -0.1) is 11.6 Å². The highest BCUT2D eigenvalue weighted by Crippen LogP contribution is 2.24. The fraction of sp³-hybridized carbons (Fsp3) is 0.455. The lowest BCUT2D eigenvalue weighted by Crippen LogP contribution is -2.03. The SMILES string of the molecule is CCn1c(C(C)Cl)nc2ccc(OC)nc21. The zero-order chi connectivity index (χ0) is 11.7. The van der Waals surface area contributed by atoms with Gasteiger partial charge in [0.25, 0.3) is 0 Å². The Bertz CT molecular complexity index is 507. The molecule has 0 spiro atoms. The van der Waals surface area contributed by atoms with Crippen molar-refractivity contribution in [2.24, 2.45) is 0 Å². The topological polar surface area (TPSA) is 39.9 Å². The maximum atomic E-state index is 6.09. The second-order valence-electron chi connectivity index (χ2n) is 3.53. The minimum Gasteiger partial charge on any atom is -0.481 e. The highest BCUT2D eigenvalue weighted by molar-refractivity contribution is 6.20. The number of hydrogen-bond acceptors (Lipinski definition) is 3. The van der Waals surface area contributed by atoms with Crippen molar-refractivity contribution in [2.45, 2.75) is 25.8 Å². The van der Waals surface area contributed by atoms with E-state index in [1.165, 1.54) is 0 Å². The van der Waals surface area contributed by atoms with Gasteiger partial charge in [-0.25, -0.2) is 4.98 Å². The first-order valence-electron chi connectivity index (χ1n) is 5.22. The van der Waals surface area contributed by atoms with Crippen LogP contribution < -0.4 is 4.74 Å². The Balaban J connectivity index is 2.68. The van der Waals surface area contributed by atoms with E-state index in [1.54, 1.807) is 13.2 Å². The average molecular weight is 240 g/mol. The maximum Gasteiger partial charge on any atom is 0.215 e. The smallest absolute Gasteiger partial charge is 0.215 e. The second kappa shape index (κ2) is 4.29. The number of alkyl halides is 1. The molecule has 1 atom stereocenters. The summed E-state index contributed by atoms with van der Waals surface area (Å²) in [4.78, 5) is 8.86. The molecule has 5 heteroatoms. The molecule has 0 aliphatic rings. The Labute approximate surface area is 99.2 Å². The highest BCUT2D eigenvalue weighted by atomic mass is 35.5. The Morgan fingerprint density at radius 3 is 2.75 bits per heavy atom. The standard InChI is InChI=1S/C11H14ClN3O/c1-4-15-10(7(2)12)13-8-5-6-9(16-3)14-11(8)15/h5-7H,4H2,1-3H3. The van der Waals surface area contributed by atoms with Crippen LogP contribution in [0.3, 0.4) is 0 Å². The van der Waals surface area contributed by atoms with Gasteiger partial charge in [0.15, 0.2) is 5.65 Å². The fourth-order valence-corrected chi connectivity index (χ4v) is 1.90. The minimum absolute atomic E-state index is 0.125. The van der Waals surface area contributed by atoms with Gasteiger partial charge in [-0.1, -0.05) is 0 Å². The number of aryl methyl sites for hydroxylation is 1. The normalized spacial score (nSPS) is 13.0. The van der Waals surface area contributed by atoms with Crippen molar-refractivity contribution < 1.29 is 4.74 Å². The van der Waals surface area contributed by atoms with E-state index in [4.69, 9.17) is 16.3 Å². The van der Waals surface area contributed by atoms with Crippen LogP contribution in [-0.4, -0.2) is 21.6 Å². The number of fused-ring (bicyclic) bond motifs is 1. The quantitative estimate of drug-likeness (QED) is 0.774. The lowest BCUT2D eigenvalue weighted by Gasteiger charge is -2.06. The average Bonchev–Trinajstić information content (AvgIpc) is 2.66. The molecule has 2 aromatic rings. The minimum atomic E-state index is -0.125. The van der Waals surface area contributed by atoms with Crippen molar-refractivity contribution in [1.29, 1.82) is 0 Å². The van der Waals surface area contributed by atoms with Crippen LogP contribution in [0.15, 0.2) is 12.1 Å². The molecule has 2 rings (SSSR count). The third-order valence-corrected chi connectivity index (χ3v) is 2.67. The van der Waals surface area contributed by atoms with Gasteiger partial charge in [0.2, 0.25) is 5.88 Å². The number of halogens is 1. The summed E-state index contributed by atoms with van der Waals surface area (Å²) >= 11 is 6.09. The third kappa shape index (κ3) is 1.73. The molecule has 0 saturated carbocycles.